The average molecular weight is 290 g/mol. The van der Waals surface area contributed by atoms with E-state index in [1.807, 2.05) is 4.90 Å². The summed E-state index contributed by atoms with van der Waals surface area (Å²) in [7, 11) is 0. The second-order valence-electron chi connectivity index (χ2n) is 5.26. The van der Waals surface area contributed by atoms with E-state index in [1.165, 1.54) is 12.8 Å². The largest absolute Gasteiger partial charge is 0.355 e. The Bertz CT molecular complexity index is 308. The summed E-state index contributed by atoms with van der Waals surface area (Å²) in [6.07, 6.45) is 5.13. The molecule has 1 aliphatic carbocycles. The Kier molecular flexibility index (Phi) is 7.16. The molecule has 5 nitrogen and oxygen atoms in total. The number of likely N-dealkylation sites (tertiary alicyclic amines) is 1. The van der Waals surface area contributed by atoms with E-state index < -0.39 is 0 Å². The van der Waals surface area contributed by atoms with Gasteiger partial charge < -0.3 is 15.5 Å². The third-order valence-electron chi connectivity index (χ3n) is 3.51. The minimum Gasteiger partial charge on any atom is -0.355 e. The summed E-state index contributed by atoms with van der Waals surface area (Å²) in [5.41, 5.74) is 0. The maximum Gasteiger partial charge on any atom is 0.233 e. The van der Waals surface area contributed by atoms with Gasteiger partial charge >= 0.3 is 0 Å². The molecule has 110 valence electrons. The highest BCUT2D eigenvalue weighted by atomic mass is 35.5. The van der Waals surface area contributed by atoms with Gasteiger partial charge in [0, 0.05) is 26.1 Å². The lowest BCUT2D eigenvalue weighted by atomic mass is 10.3. The van der Waals surface area contributed by atoms with Gasteiger partial charge in [-0.05, 0) is 38.1 Å². The SMILES string of the molecule is Cl.O=C(CNCC1CC1)NCCCN1CCCC1=O. The van der Waals surface area contributed by atoms with E-state index in [-0.39, 0.29) is 24.2 Å². The third-order valence-corrected chi connectivity index (χ3v) is 3.51. The Hall–Kier alpha value is -0.810. The number of carbonyl (C=O) groups is 2. The molecule has 0 atom stereocenters. The van der Waals surface area contributed by atoms with Gasteiger partial charge in [0.25, 0.3) is 0 Å². The summed E-state index contributed by atoms with van der Waals surface area (Å²) < 4.78 is 0. The van der Waals surface area contributed by atoms with Crippen LogP contribution in [0.3, 0.4) is 0 Å². The highest BCUT2D eigenvalue weighted by Gasteiger charge is 2.21. The Morgan fingerprint density at radius 1 is 1.37 bits per heavy atom. The number of halogens is 1. The number of amides is 2. The number of nitrogens with zero attached hydrogens (tertiary/aromatic N) is 1. The molecule has 0 aromatic rings. The average Bonchev–Trinajstić information content (AvgIpc) is 3.08. The van der Waals surface area contributed by atoms with Crippen LogP contribution in [0.25, 0.3) is 0 Å². The highest BCUT2D eigenvalue weighted by molar-refractivity contribution is 5.85. The first-order valence-corrected chi connectivity index (χ1v) is 7.01. The van der Waals surface area contributed by atoms with Crippen molar-refractivity contribution in [3.63, 3.8) is 0 Å². The van der Waals surface area contributed by atoms with Crippen LogP contribution >= 0.6 is 12.4 Å². The van der Waals surface area contributed by atoms with Crippen molar-refractivity contribution in [1.82, 2.24) is 15.5 Å². The molecule has 1 aliphatic heterocycles. The fourth-order valence-electron chi connectivity index (χ4n) is 2.21. The first-order valence-electron chi connectivity index (χ1n) is 7.01. The zero-order valence-corrected chi connectivity index (χ0v) is 12.1. The summed E-state index contributed by atoms with van der Waals surface area (Å²) in [5.74, 6) is 1.12. The van der Waals surface area contributed by atoms with Gasteiger partial charge in [-0.3, -0.25) is 9.59 Å². The maximum absolute atomic E-state index is 11.5. The molecule has 0 aromatic carbocycles. The Morgan fingerprint density at radius 2 is 2.16 bits per heavy atom. The molecule has 0 aromatic heterocycles. The zero-order valence-electron chi connectivity index (χ0n) is 11.3. The molecule has 2 aliphatic rings. The molecule has 0 radical (unpaired) electrons. The van der Waals surface area contributed by atoms with Crippen molar-refractivity contribution in [3.8, 4) is 0 Å². The van der Waals surface area contributed by atoms with Crippen LogP contribution in [0.5, 0.6) is 0 Å². The number of hydrogen-bond acceptors (Lipinski definition) is 3. The lowest BCUT2D eigenvalue weighted by Crippen LogP contribution is -2.36. The van der Waals surface area contributed by atoms with Gasteiger partial charge in [0.2, 0.25) is 11.8 Å². The van der Waals surface area contributed by atoms with E-state index in [9.17, 15) is 9.59 Å². The van der Waals surface area contributed by atoms with Crippen molar-refractivity contribution in [3.05, 3.63) is 0 Å². The van der Waals surface area contributed by atoms with Gasteiger partial charge in [-0.15, -0.1) is 12.4 Å². The third kappa shape index (κ3) is 6.25. The van der Waals surface area contributed by atoms with Crippen LogP contribution in [0.2, 0.25) is 0 Å². The minimum absolute atomic E-state index is 0. The van der Waals surface area contributed by atoms with Crippen molar-refractivity contribution >= 4 is 24.2 Å². The second-order valence-corrected chi connectivity index (χ2v) is 5.26. The van der Waals surface area contributed by atoms with Crippen molar-refractivity contribution in [2.75, 3.05) is 32.7 Å². The van der Waals surface area contributed by atoms with E-state index in [2.05, 4.69) is 10.6 Å². The number of rotatable bonds is 8. The molecule has 1 saturated carbocycles. The predicted molar refractivity (Wildman–Crippen MR) is 76.3 cm³/mol. The monoisotopic (exact) mass is 289 g/mol. The van der Waals surface area contributed by atoms with E-state index in [0.717, 1.165) is 38.4 Å². The summed E-state index contributed by atoms with van der Waals surface area (Å²) in [6, 6.07) is 0. The van der Waals surface area contributed by atoms with E-state index >= 15 is 0 Å². The molecule has 2 fully saturated rings. The molecule has 2 rings (SSSR count). The minimum atomic E-state index is 0. The molecule has 0 bridgehead atoms. The normalized spacial score (nSPS) is 18.3. The van der Waals surface area contributed by atoms with E-state index in [0.29, 0.717) is 19.5 Å². The molecule has 2 N–H and O–H groups in total. The molecule has 0 spiro atoms. The van der Waals surface area contributed by atoms with Crippen molar-refractivity contribution in [1.29, 1.82) is 0 Å². The quantitative estimate of drug-likeness (QED) is 0.641. The van der Waals surface area contributed by atoms with Crippen LogP contribution < -0.4 is 10.6 Å². The number of hydrogen-bond donors (Lipinski definition) is 2. The van der Waals surface area contributed by atoms with E-state index in [1.54, 1.807) is 0 Å². The first-order chi connectivity index (χ1) is 8.75. The molecule has 19 heavy (non-hydrogen) atoms. The van der Waals surface area contributed by atoms with Gasteiger partial charge in [0.15, 0.2) is 0 Å². The van der Waals surface area contributed by atoms with Crippen LogP contribution in [0.1, 0.15) is 32.1 Å². The van der Waals surface area contributed by atoms with Gasteiger partial charge in [-0.1, -0.05) is 0 Å². The summed E-state index contributed by atoms with van der Waals surface area (Å²) in [6.45, 7) is 3.70. The van der Waals surface area contributed by atoms with Crippen LogP contribution in [0.4, 0.5) is 0 Å². The maximum atomic E-state index is 11.5. The topological polar surface area (TPSA) is 61.4 Å². The molecular formula is C13H24ClN3O2. The van der Waals surface area contributed by atoms with Crippen LogP contribution in [-0.4, -0.2) is 49.4 Å². The van der Waals surface area contributed by atoms with Crippen LogP contribution in [0, 0.1) is 5.92 Å². The standard InChI is InChI=1S/C13H23N3O2.ClH/c17-12(10-14-9-11-4-5-11)15-6-2-8-16-7-1-3-13(16)18;/h11,14H,1-10H2,(H,15,17);1H. The van der Waals surface area contributed by atoms with Crippen LogP contribution in [0.15, 0.2) is 0 Å². The fourth-order valence-corrected chi connectivity index (χ4v) is 2.21. The highest BCUT2D eigenvalue weighted by Crippen LogP contribution is 2.27. The summed E-state index contributed by atoms with van der Waals surface area (Å²) >= 11 is 0. The van der Waals surface area contributed by atoms with Crippen molar-refractivity contribution in [2.24, 2.45) is 5.92 Å². The van der Waals surface area contributed by atoms with Gasteiger partial charge in [0.1, 0.15) is 0 Å². The molecule has 1 saturated heterocycles. The van der Waals surface area contributed by atoms with Crippen LogP contribution in [-0.2, 0) is 9.59 Å². The summed E-state index contributed by atoms with van der Waals surface area (Å²) in [5, 5.41) is 6.04. The van der Waals surface area contributed by atoms with Gasteiger partial charge in [0.05, 0.1) is 6.54 Å². The second kappa shape index (κ2) is 8.38. The predicted octanol–water partition coefficient (Wildman–Crippen LogP) is 0.537. The molecule has 2 amide bonds. The van der Waals surface area contributed by atoms with Gasteiger partial charge in [-0.2, -0.15) is 0 Å². The Morgan fingerprint density at radius 3 is 2.79 bits per heavy atom. The molecule has 6 heteroatoms. The smallest absolute Gasteiger partial charge is 0.233 e. The molecule has 0 unspecified atom stereocenters. The van der Waals surface area contributed by atoms with E-state index in [4.69, 9.17) is 0 Å². The fraction of sp³-hybridized carbons (Fsp3) is 0.846. The van der Waals surface area contributed by atoms with Crippen molar-refractivity contribution in [2.45, 2.75) is 32.1 Å². The van der Waals surface area contributed by atoms with Gasteiger partial charge in [-0.25, -0.2) is 0 Å². The molecular weight excluding hydrogens is 266 g/mol. The summed E-state index contributed by atoms with van der Waals surface area (Å²) in [4.78, 5) is 24.7. The lowest BCUT2D eigenvalue weighted by molar-refractivity contribution is -0.127. The van der Waals surface area contributed by atoms with Crippen molar-refractivity contribution < 1.29 is 9.59 Å². The Labute approximate surface area is 120 Å². The zero-order chi connectivity index (χ0) is 12.8. The Balaban J connectivity index is 0.00000180. The molecule has 1 heterocycles. The lowest BCUT2D eigenvalue weighted by Gasteiger charge is -2.15. The number of carbonyl (C=O) groups excluding carboxylic acids is 2. The first kappa shape index (κ1) is 16.2. The number of nitrogens with one attached hydrogen (secondary N) is 2.